The molecule has 0 amide bonds. The maximum absolute atomic E-state index is 13.4. The summed E-state index contributed by atoms with van der Waals surface area (Å²) in [6.07, 6.45) is -0.876. The van der Waals surface area contributed by atoms with Gasteiger partial charge in [0.05, 0.1) is 12.6 Å². The highest BCUT2D eigenvalue weighted by Crippen LogP contribution is 2.16. The van der Waals surface area contributed by atoms with Gasteiger partial charge in [0.2, 0.25) is 0 Å². The number of benzene rings is 2. The van der Waals surface area contributed by atoms with E-state index in [9.17, 15) is 18.3 Å². The van der Waals surface area contributed by atoms with Crippen molar-refractivity contribution in [2.24, 2.45) is 4.99 Å². The predicted molar refractivity (Wildman–Crippen MR) is 117 cm³/mol. The number of aliphatic hydroxyl groups excluding tert-OH is 1. The lowest BCUT2D eigenvalue weighted by Gasteiger charge is -2.19. The summed E-state index contributed by atoms with van der Waals surface area (Å²) in [6.45, 7) is 4.30. The Balaban J connectivity index is 0.00000420. The lowest BCUT2D eigenvalue weighted by molar-refractivity contribution is 0.114. The molecule has 2 aromatic rings. The molecule has 0 aromatic heterocycles. The van der Waals surface area contributed by atoms with Crippen LogP contribution >= 0.6 is 24.0 Å². The van der Waals surface area contributed by atoms with Gasteiger partial charge in [-0.15, -0.1) is 24.0 Å². The molecule has 0 saturated carbocycles. The van der Waals surface area contributed by atoms with Crippen LogP contribution in [0.3, 0.4) is 0 Å². The monoisotopic (exact) mass is 523 g/mol. The number of hydrogen-bond donors (Lipinski definition) is 3. The van der Waals surface area contributed by atoms with Gasteiger partial charge in [0.15, 0.2) is 17.6 Å². The molecule has 0 aliphatic heterocycles. The predicted octanol–water partition coefficient (Wildman–Crippen LogP) is 3.78. The molecule has 0 saturated heterocycles. The highest BCUT2D eigenvalue weighted by atomic mass is 127. The van der Waals surface area contributed by atoms with Gasteiger partial charge in [0, 0.05) is 6.54 Å². The van der Waals surface area contributed by atoms with Gasteiger partial charge in [0.25, 0.3) is 0 Å². The summed E-state index contributed by atoms with van der Waals surface area (Å²) in [5.74, 6) is -1.32. The Morgan fingerprint density at radius 3 is 2.41 bits per heavy atom. The third kappa shape index (κ3) is 8.48. The minimum Gasteiger partial charge on any atom is -0.491 e. The van der Waals surface area contributed by atoms with Crippen molar-refractivity contribution in [3.63, 3.8) is 0 Å². The SMILES string of the molecule is CCNC(=NCC(O)COc1ccc(F)cc1)NC(C)c1ccc(F)c(F)c1.I. The molecule has 0 bridgehead atoms. The normalized spacial score (nSPS) is 13.2. The average Bonchev–Trinajstić information content (AvgIpc) is 2.68. The molecule has 0 aliphatic rings. The van der Waals surface area contributed by atoms with E-state index in [1.807, 2.05) is 6.92 Å². The summed E-state index contributed by atoms with van der Waals surface area (Å²) < 4.78 is 44.7. The van der Waals surface area contributed by atoms with E-state index in [0.29, 0.717) is 23.8 Å². The third-order valence-corrected chi connectivity index (χ3v) is 3.86. The molecule has 0 fully saturated rings. The van der Waals surface area contributed by atoms with Gasteiger partial charge in [-0.1, -0.05) is 6.07 Å². The van der Waals surface area contributed by atoms with E-state index in [2.05, 4.69) is 15.6 Å². The number of aliphatic imine (C=N–C) groups is 1. The Bertz CT molecular complexity index is 791. The van der Waals surface area contributed by atoms with Crippen LogP contribution in [-0.2, 0) is 0 Å². The van der Waals surface area contributed by atoms with E-state index in [1.54, 1.807) is 6.92 Å². The van der Waals surface area contributed by atoms with Crippen LogP contribution in [0, 0.1) is 17.5 Å². The number of guanidine groups is 1. The maximum Gasteiger partial charge on any atom is 0.191 e. The quantitative estimate of drug-likeness (QED) is 0.280. The highest BCUT2D eigenvalue weighted by molar-refractivity contribution is 14.0. The fourth-order valence-corrected chi connectivity index (χ4v) is 2.36. The molecule has 0 heterocycles. The lowest BCUT2D eigenvalue weighted by Crippen LogP contribution is -2.39. The summed E-state index contributed by atoms with van der Waals surface area (Å²) in [7, 11) is 0. The lowest BCUT2D eigenvalue weighted by atomic mass is 10.1. The zero-order valence-electron chi connectivity index (χ0n) is 16.2. The van der Waals surface area contributed by atoms with Crippen LogP contribution in [0.5, 0.6) is 5.75 Å². The first kappa shape index (κ1) is 25.0. The van der Waals surface area contributed by atoms with Gasteiger partial charge < -0.3 is 20.5 Å². The number of rotatable bonds is 8. The Morgan fingerprint density at radius 2 is 1.79 bits per heavy atom. The van der Waals surface area contributed by atoms with E-state index >= 15 is 0 Å². The summed E-state index contributed by atoms with van der Waals surface area (Å²) in [4.78, 5) is 4.28. The summed E-state index contributed by atoms with van der Waals surface area (Å²) in [5.41, 5.74) is 0.560. The smallest absolute Gasteiger partial charge is 0.191 e. The molecule has 0 aliphatic carbocycles. The van der Waals surface area contributed by atoms with E-state index in [4.69, 9.17) is 4.74 Å². The van der Waals surface area contributed by atoms with Crippen molar-refractivity contribution >= 4 is 29.9 Å². The van der Waals surface area contributed by atoms with E-state index in [0.717, 1.165) is 12.1 Å². The fourth-order valence-electron chi connectivity index (χ4n) is 2.36. The second-order valence-corrected chi connectivity index (χ2v) is 6.18. The second kappa shape index (κ2) is 12.5. The third-order valence-electron chi connectivity index (χ3n) is 3.86. The van der Waals surface area contributed by atoms with Gasteiger partial charge in [-0.25, -0.2) is 13.2 Å². The molecule has 2 rings (SSSR count). The van der Waals surface area contributed by atoms with Crippen molar-refractivity contribution in [2.75, 3.05) is 19.7 Å². The van der Waals surface area contributed by atoms with E-state index in [-0.39, 0.29) is 49.0 Å². The molecular weight excluding hydrogens is 498 g/mol. The van der Waals surface area contributed by atoms with Gasteiger partial charge in [-0.2, -0.15) is 0 Å². The van der Waals surface area contributed by atoms with Crippen LogP contribution in [0.15, 0.2) is 47.5 Å². The van der Waals surface area contributed by atoms with Gasteiger partial charge in [0.1, 0.15) is 24.3 Å². The largest absolute Gasteiger partial charge is 0.491 e. The van der Waals surface area contributed by atoms with Crippen molar-refractivity contribution in [3.05, 3.63) is 65.5 Å². The minimum absolute atomic E-state index is 0. The topological polar surface area (TPSA) is 65.9 Å². The molecule has 3 N–H and O–H groups in total. The molecule has 0 spiro atoms. The number of nitrogens with one attached hydrogen (secondary N) is 2. The van der Waals surface area contributed by atoms with Crippen molar-refractivity contribution in [3.8, 4) is 5.75 Å². The van der Waals surface area contributed by atoms with Gasteiger partial charge >= 0.3 is 0 Å². The van der Waals surface area contributed by atoms with Crippen molar-refractivity contribution in [2.45, 2.75) is 26.0 Å². The number of nitrogens with zero attached hydrogens (tertiary/aromatic N) is 1. The van der Waals surface area contributed by atoms with Crippen LogP contribution in [0.2, 0.25) is 0 Å². The van der Waals surface area contributed by atoms with Crippen LogP contribution in [0.4, 0.5) is 13.2 Å². The zero-order valence-corrected chi connectivity index (χ0v) is 18.5. The Morgan fingerprint density at radius 1 is 1.10 bits per heavy atom. The first-order valence-electron chi connectivity index (χ1n) is 8.95. The van der Waals surface area contributed by atoms with Crippen LogP contribution in [0.1, 0.15) is 25.5 Å². The summed E-state index contributed by atoms with van der Waals surface area (Å²) in [5, 5.41) is 16.1. The van der Waals surface area contributed by atoms with Crippen LogP contribution in [-0.4, -0.2) is 36.9 Å². The Labute approximate surface area is 185 Å². The van der Waals surface area contributed by atoms with Crippen LogP contribution < -0.4 is 15.4 Å². The first-order valence-corrected chi connectivity index (χ1v) is 8.95. The number of halogens is 4. The summed E-state index contributed by atoms with van der Waals surface area (Å²) >= 11 is 0. The van der Waals surface area contributed by atoms with E-state index < -0.39 is 17.7 Å². The standard InChI is InChI=1S/C20H24F3N3O2.HI/c1-3-24-20(26-13(2)14-4-9-18(22)19(23)10-14)25-11-16(27)12-28-17-7-5-15(21)6-8-17;/h4-10,13,16,27H,3,11-12H2,1-2H3,(H2,24,25,26);1H. The Hall–Kier alpha value is -2.01. The maximum atomic E-state index is 13.4. The number of ether oxygens (including phenoxy) is 1. The molecule has 2 unspecified atom stereocenters. The second-order valence-electron chi connectivity index (χ2n) is 6.18. The average molecular weight is 523 g/mol. The molecule has 160 valence electrons. The number of hydrogen-bond acceptors (Lipinski definition) is 3. The molecule has 5 nitrogen and oxygen atoms in total. The molecular formula is C20H25F3IN3O2. The summed E-state index contributed by atoms with van der Waals surface area (Å²) in [6, 6.07) is 8.84. The van der Waals surface area contributed by atoms with Gasteiger partial charge in [-0.3, -0.25) is 4.99 Å². The van der Waals surface area contributed by atoms with Crippen molar-refractivity contribution in [1.29, 1.82) is 0 Å². The van der Waals surface area contributed by atoms with E-state index in [1.165, 1.54) is 30.3 Å². The zero-order chi connectivity index (χ0) is 20.5. The number of aliphatic hydroxyl groups is 1. The Kier molecular flexibility index (Phi) is 10.8. The van der Waals surface area contributed by atoms with Crippen molar-refractivity contribution < 1.29 is 23.0 Å². The van der Waals surface area contributed by atoms with Crippen LogP contribution in [0.25, 0.3) is 0 Å². The first-order chi connectivity index (χ1) is 13.4. The van der Waals surface area contributed by atoms with Gasteiger partial charge in [-0.05, 0) is 55.8 Å². The van der Waals surface area contributed by atoms with Crippen molar-refractivity contribution in [1.82, 2.24) is 10.6 Å². The molecule has 2 aromatic carbocycles. The fraction of sp³-hybridized carbons (Fsp3) is 0.350. The molecule has 9 heteroatoms. The molecule has 2 atom stereocenters. The molecule has 29 heavy (non-hydrogen) atoms. The minimum atomic E-state index is -0.915. The molecule has 0 radical (unpaired) electrons. The highest BCUT2D eigenvalue weighted by Gasteiger charge is 2.12.